The lowest BCUT2D eigenvalue weighted by Crippen LogP contribution is -2.67. The molecular formula is C36H40O2Si. The van der Waals surface area contributed by atoms with Crippen molar-refractivity contribution in [1.29, 1.82) is 0 Å². The largest absolute Gasteiger partial charge is 0.454 e. The van der Waals surface area contributed by atoms with E-state index < -0.39 is 8.07 Å². The number of carbonyl (C=O) groups excluding carboxylic acids is 1. The van der Waals surface area contributed by atoms with Crippen LogP contribution in [0, 0.1) is 0 Å². The molecule has 4 aromatic carbocycles. The Labute approximate surface area is 235 Å². The minimum atomic E-state index is -2.55. The van der Waals surface area contributed by atoms with Crippen molar-refractivity contribution in [1.82, 2.24) is 0 Å². The van der Waals surface area contributed by atoms with E-state index in [2.05, 4.69) is 113 Å². The van der Waals surface area contributed by atoms with Gasteiger partial charge in [0.25, 0.3) is 0 Å². The Balaban J connectivity index is 1.92. The summed E-state index contributed by atoms with van der Waals surface area (Å²) in [6, 6.07) is 41.6. The van der Waals surface area contributed by atoms with Crippen molar-refractivity contribution < 1.29 is 9.53 Å². The van der Waals surface area contributed by atoms with E-state index in [9.17, 15) is 4.79 Å². The third kappa shape index (κ3) is 5.99. The van der Waals surface area contributed by atoms with Crippen LogP contribution in [0.1, 0.15) is 63.1 Å². The first kappa shape index (κ1) is 28.3. The molecule has 0 aliphatic carbocycles. The van der Waals surface area contributed by atoms with E-state index in [0.29, 0.717) is 12.0 Å². The van der Waals surface area contributed by atoms with Gasteiger partial charge in [-0.25, -0.2) is 4.79 Å². The van der Waals surface area contributed by atoms with Crippen LogP contribution in [0.4, 0.5) is 0 Å². The van der Waals surface area contributed by atoms with Gasteiger partial charge in [0.15, 0.2) is 0 Å². The number of rotatable bonds is 9. The van der Waals surface area contributed by atoms with Gasteiger partial charge in [0, 0.05) is 0 Å². The van der Waals surface area contributed by atoms with Gasteiger partial charge < -0.3 is 4.74 Å². The van der Waals surface area contributed by atoms with E-state index in [1.807, 2.05) is 48.5 Å². The number of ether oxygens (including phenoxy) is 1. The zero-order valence-corrected chi connectivity index (χ0v) is 24.8. The van der Waals surface area contributed by atoms with Gasteiger partial charge >= 0.3 is 5.97 Å². The molecule has 0 bridgehead atoms. The Morgan fingerprint density at radius 3 is 1.62 bits per heavy atom. The number of benzene rings is 4. The van der Waals surface area contributed by atoms with Crippen molar-refractivity contribution in [3.63, 3.8) is 0 Å². The summed E-state index contributed by atoms with van der Waals surface area (Å²) in [5.74, 6) is -0.288. The zero-order valence-electron chi connectivity index (χ0n) is 23.8. The van der Waals surface area contributed by atoms with Crippen LogP contribution in [0.2, 0.25) is 10.6 Å². The van der Waals surface area contributed by atoms with E-state index in [1.54, 1.807) is 0 Å². The SMILES string of the molecule is C/C=C(\C)[C@@H](C[C@H](OC(=O)c1ccccc1)c1ccccc1)[Si](c1ccccc1)(c1ccccc1)C(C)(C)C. The maximum atomic E-state index is 13.4. The van der Waals surface area contributed by atoms with Gasteiger partial charge in [-0.3, -0.25) is 0 Å². The minimum absolute atomic E-state index is 0.0324. The van der Waals surface area contributed by atoms with Crippen LogP contribution in [0.3, 0.4) is 0 Å². The van der Waals surface area contributed by atoms with Crippen molar-refractivity contribution in [3.05, 3.63) is 144 Å². The van der Waals surface area contributed by atoms with Crippen LogP contribution in [-0.2, 0) is 4.74 Å². The number of carbonyl (C=O) groups is 1. The van der Waals surface area contributed by atoms with Gasteiger partial charge in [-0.2, -0.15) is 0 Å². The van der Waals surface area contributed by atoms with Crippen LogP contribution < -0.4 is 10.4 Å². The first-order chi connectivity index (χ1) is 18.8. The predicted molar refractivity (Wildman–Crippen MR) is 166 cm³/mol. The number of esters is 1. The van der Waals surface area contributed by atoms with E-state index in [0.717, 1.165) is 5.56 Å². The van der Waals surface area contributed by atoms with Gasteiger partial charge in [0.05, 0.1) is 5.56 Å². The zero-order chi connectivity index (χ0) is 27.9. The van der Waals surface area contributed by atoms with Gasteiger partial charge in [-0.05, 0) is 48.5 Å². The Morgan fingerprint density at radius 1 is 0.744 bits per heavy atom. The van der Waals surface area contributed by atoms with Crippen molar-refractivity contribution in [2.75, 3.05) is 0 Å². The summed E-state index contributed by atoms with van der Waals surface area (Å²) in [6.07, 6.45) is 2.57. The van der Waals surface area contributed by atoms with E-state index in [-0.39, 0.29) is 22.7 Å². The number of hydrogen-bond donors (Lipinski definition) is 0. The molecule has 200 valence electrons. The highest BCUT2D eigenvalue weighted by Gasteiger charge is 2.54. The van der Waals surface area contributed by atoms with Crippen LogP contribution >= 0.6 is 0 Å². The number of allylic oxidation sites excluding steroid dienone is 2. The summed E-state index contributed by atoms with van der Waals surface area (Å²) in [5, 5.41) is 2.77. The van der Waals surface area contributed by atoms with Crippen molar-refractivity contribution in [2.24, 2.45) is 0 Å². The Bertz CT molecular complexity index is 1320. The molecule has 4 aromatic rings. The van der Waals surface area contributed by atoms with Crippen LogP contribution in [0.15, 0.2) is 133 Å². The third-order valence-electron chi connectivity index (χ3n) is 8.05. The lowest BCUT2D eigenvalue weighted by molar-refractivity contribution is 0.0276. The van der Waals surface area contributed by atoms with Gasteiger partial charge in [0.1, 0.15) is 14.2 Å². The van der Waals surface area contributed by atoms with Crippen molar-refractivity contribution in [3.8, 4) is 0 Å². The summed E-state index contributed by atoms with van der Waals surface area (Å²) >= 11 is 0. The fraction of sp³-hybridized carbons (Fsp3) is 0.250. The standard InChI is InChI=1S/C36H40O2Si/c1-6-28(2)34(27-33(29-19-11-7-12-20-29)38-35(37)30-21-13-8-14-22-30)39(36(3,4)5,31-23-15-9-16-24-31)32-25-17-10-18-26-32/h6-26,33-34H,27H2,1-5H3/b28-6+/t33-,34+/m0/s1. The molecule has 0 amide bonds. The summed E-state index contributed by atoms with van der Waals surface area (Å²) in [7, 11) is -2.55. The average Bonchev–Trinajstić information content (AvgIpc) is 2.97. The highest BCUT2D eigenvalue weighted by Crippen LogP contribution is 2.50. The fourth-order valence-electron chi connectivity index (χ4n) is 6.17. The second-order valence-corrected chi connectivity index (χ2v) is 16.2. The molecule has 0 saturated carbocycles. The van der Waals surface area contributed by atoms with E-state index in [1.165, 1.54) is 15.9 Å². The molecule has 0 saturated heterocycles. The first-order valence-electron chi connectivity index (χ1n) is 13.8. The van der Waals surface area contributed by atoms with Crippen molar-refractivity contribution in [2.45, 2.75) is 57.7 Å². The van der Waals surface area contributed by atoms with Crippen molar-refractivity contribution >= 4 is 24.4 Å². The monoisotopic (exact) mass is 532 g/mol. The Hall–Kier alpha value is -3.69. The molecule has 2 atom stereocenters. The molecule has 0 radical (unpaired) electrons. The summed E-state index contributed by atoms with van der Waals surface area (Å²) in [6.45, 7) is 11.6. The molecular weight excluding hydrogens is 492 g/mol. The van der Waals surface area contributed by atoms with Crippen LogP contribution in [0.5, 0.6) is 0 Å². The highest BCUT2D eigenvalue weighted by molar-refractivity contribution is 7.05. The van der Waals surface area contributed by atoms with Crippen LogP contribution in [-0.4, -0.2) is 14.0 Å². The number of hydrogen-bond acceptors (Lipinski definition) is 2. The first-order valence-corrected chi connectivity index (χ1v) is 15.9. The summed E-state index contributed by atoms with van der Waals surface area (Å²) in [4.78, 5) is 13.4. The average molecular weight is 533 g/mol. The highest BCUT2D eigenvalue weighted by atomic mass is 28.3. The molecule has 4 rings (SSSR count). The lowest BCUT2D eigenvalue weighted by atomic mass is 10.0. The van der Waals surface area contributed by atoms with Gasteiger partial charge in [-0.1, -0.05) is 152 Å². The molecule has 2 nitrogen and oxygen atoms in total. The normalized spacial score (nSPS) is 13.9. The topological polar surface area (TPSA) is 26.3 Å². The second-order valence-electron chi connectivity index (χ2n) is 11.3. The Kier molecular flexibility index (Phi) is 9.03. The fourth-order valence-corrected chi connectivity index (χ4v) is 12.9. The quantitative estimate of drug-likeness (QED) is 0.123. The van der Waals surface area contributed by atoms with E-state index >= 15 is 0 Å². The predicted octanol–water partition coefficient (Wildman–Crippen LogP) is 8.37. The third-order valence-corrected chi connectivity index (χ3v) is 14.6. The van der Waals surface area contributed by atoms with E-state index in [4.69, 9.17) is 4.74 Å². The summed E-state index contributed by atoms with van der Waals surface area (Å²) < 4.78 is 6.38. The minimum Gasteiger partial charge on any atom is -0.454 e. The molecule has 39 heavy (non-hydrogen) atoms. The van der Waals surface area contributed by atoms with Gasteiger partial charge in [-0.15, -0.1) is 0 Å². The second kappa shape index (κ2) is 12.4. The molecule has 0 unspecified atom stereocenters. The molecule has 0 heterocycles. The molecule has 3 heteroatoms. The molecule has 0 fully saturated rings. The molecule has 0 N–H and O–H groups in total. The van der Waals surface area contributed by atoms with Crippen LogP contribution in [0.25, 0.3) is 0 Å². The molecule has 0 spiro atoms. The summed E-state index contributed by atoms with van der Waals surface area (Å²) in [5.41, 5.74) is 3.11. The Morgan fingerprint density at radius 2 is 1.18 bits per heavy atom. The molecule has 0 aromatic heterocycles. The lowest BCUT2D eigenvalue weighted by Gasteiger charge is -2.50. The molecule has 0 aliphatic rings. The molecule has 0 aliphatic heterocycles. The smallest absolute Gasteiger partial charge is 0.338 e. The maximum absolute atomic E-state index is 13.4. The maximum Gasteiger partial charge on any atom is 0.338 e. The van der Waals surface area contributed by atoms with Gasteiger partial charge in [0.2, 0.25) is 0 Å².